The van der Waals surface area contributed by atoms with Crippen molar-refractivity contribution in [3.8, 4) is 0 Å². The van der Waals surface area contributed by atoms with Gasteiger partial charge in [0.1, 0.15) is 5.52 Å². The Hall–Kier alpha value is -1.56. The van der Waals surface area contributed by atoms with Crippen LogP contribution in [-0.4, -0.2) is 28.3 Å². The lowest BCUT2D eigenvalue weighted by molar-refractivity contribution is 0.0586. The molecule has 0 spiro atoms. The van der Waals surface area contributed by atoms with E-state index in [9.17, 15) is 4.79 Å². The van der Waals surface area contributed by atoms with Crippen LogP contribution in [0.15, 0.2) is 22.7 Å². The molecule has 0 radical (unpaired) electrons. The molecule has 2 aromatic rings. The van der Waals surface area contributed by atoms with Crippen molar-refractivity contribution in [1.29, 1.82) is 0 Å². The molecule has 1 heterocycles. The number of fused-ring (bicyclic) bond motifs is 1. The molecule has 0 aliphatic heterocycles. The fourth-order valence-electron chi connectivity index (χ4n) is 1.09. The van der Waals surface area contributed by atoms with Gasteiger partial charge in [0.25, 0.3) is 5.82 Å². The van der Waals surface area contributed by atoms with E-state index in [1.807, 2.05) is 6.07 Å². The third kappa shape index (κ3) is 1.94. The zero-order chi connectivity index (χ0) is 10.8. The lowest BCUT2D eigenvalue weighted by Crippen LogP contribution is -2.08. The number of halogens is 1. The molecule has 6 heteroatoms. The van der Waals surface area contributed by atoms with E-state index in [0.717, 1.165) is 4.47 Å². The van der Waals surface area contributed by atoms with Crippen LogP contribution in [-0.2, 0) is 4.74 Å². The highest BCUT2D eigenvalue weighted by Gasteiger charge is 2.10. The SMILES string of the molecule is COC(=O)c1nnc2cc(Br)ccc2n1. The summed E-state index contributed by atoms with van der Waals surface area (Å²) in [5.41, 5.74) is 1.23. The van der Waals surface area contributed by atoms with Crippen LogP contribution in [0.25, 0.3) is 11.0 Å². The fraction of sp³-hybridized carbons (Fsp3) is 0.111. The number of rotatable bonds is 1. The summed E-state index contributed by atoms with van der Waals surface area (Å²) < 4.78 is 5.38. The minimum atomic E-state index is -0.590. The van der Waals surface area contributed by atoms with Gasteiger partial charge in [-0.3, -0.25) is 0 Å². The maximum Gasteiger partial charge on any atom is 0.378 e. The minimum Gasteiger partial charge on any atom is -0.463 e. The topological polar surface area (TPSA) is 65.0 Å². The van der Waals surface area contributed by atoms with Crippen LogP contribution in [0.1, 0.15) is 10.6 Å². The number of benzene rings is 1. The van der Waals surface area contributed by atoms with E-state index in [-0.39, 0.29) is 5.82 Å². The highest BCUT2D eigenvalue weighted by molar-refractivity contribution is 9.10. The molecule has 0 saturated carbocycles. The number of hydrogen-bond acceptors (Lipinski definition) is 5. The van der Waals surface area contributed by atoms with Crippen LogP contribution in [0.5, 0.6) is 0 Å². The Morgan fingerprint density at radius 3 is 2.87 bits per heavy atom. The first kappa shape index (κ1) is 9.97. The summed E-state index contributed by atoms with van der Waals surface area (Å²) in [4.78, 5) is 15.1. The molecule has 1 aromatic heterocycles. The molecule has 0 fully saturated rings. The average molecular weight is 268 g/mol. The Labute approximate surface area is 93.6 Å². The number of esters is 1. The summed E-state index contributed by atoms with van der Waals surface area (Å²) >= 11 is 3.31. The third-order valence-electron chi connectivity index (χ3n) is 1.78. The number of nitrogens with zero attached hydrogens (tertiary/aromatic N) is 3. The maximum atomic E-state index is 11.1. The summed E-state index contributed by atoms with van der Waals surface area (Å²) in [7, 11) is 1.28. The number of ether oxygens (including phenoxy) is 1. The number of carbonyl (C=O) groups is 1. The minimum absolute atomic E-state index is 0.0349. The van der Waals surface area contributed by atoms with Gasteiger partial charge in [0.15, 0.2) is 0 Å². The van der Waals surface area contributed by atoms with Gasteiger partial charge in [0.05, 0.1) is 12.6 Å². The Balaban J connectivity index is 2.57. The van der Waals surface area contributed by atoms with Crippen LogP contribution in [0.3, 0.4) is 0 Å². The van der Waals surface area contributed by atoms with Crippen molar-refractivity contribution in [1.82, 2.24) is 15.2 Å². The van der Waals surface area contributed by atoms with Gasteiger partial charge in [-0.25, -0.2) is 9.78 Å². The number of methoxy groups -OCH3 is 1. The van der Waals surface area contributed by atoms with Crippen LogP contribution < -0.4 is 0 Å². The lowest BCUT2D eigenvalue weighted by atomic mass is 10.3. The molecule has 5 nitrogen and oxygen atoms in total. The fourth-order valence-corrected chi connectivity index (χ4v) is 1.44. The summed E-state index contributed by atoms with van der Waals surface area (Å²) in [6.45, 7) is 0. The van der Waals surface area contributed by atoms with Crippen molar-refractivity contribution in [3.63, 3.8) is 0 Å². The van der Waals surface area contributed by atoms with Crippen LogP contribution in [0.2, 0.25) is 0 Å². The van der Waals surface area contributed by atoms with Crippen molar-refractivity contribution >= 4 is 32.9 Å². The quantitative estimate of drug-likeness (QED) is 0.734. The highest BCUT2D eigenvalue weighted by atomic mass is 79.9. The molecule has 0 amide bonds. The van der Waals surface area contributed by atoms with Gasteiger partial charge in [-0.15, -0.1) is 10.2 Å². The van der Waals surface area contributed by atoms with E-state index in [2.05, 4.69) is 35.8 Å². The molecule has 2 rings (SSSR count). The molecule has 0 aliphatic rings. The van der Waals surface area contributed by atoms with E-state index in [1.54, 1.807) is 12.1 Å². The van der Waals surface area contributed by atoms with Gasteiger partial charge in [0.2, 0.25) is 0 Å². The molecule has 0 saturated heterocycles. The van der Waals surface area contributed by atoms with Crippen LogP contribution in [0.4, 0.5) is 0 Å². The number of aromatic nitrogens is 3. The Bertz CT molecular complexity index is 530. The first-order valence-corrected chi connectivity index (χ1v) is 4.88. The number of carbonyl (C=O) groups excluding carboxylic acids is 1. The molecular formula is C9H6BrN3O2. The predicted molar refractivity (Wildman–Crippen MR) is 56.4 cm³/mol. The van der Waals surface area contributed by atoms with Gasteiger partial charge in [-0.2, -0.15) is 0 Å². The Kier molecular flexibility index (Phi) is 2.59. The van der Waals surface area contributed by atoms with Gasteiger partial charge in [-0.1, -0.05) is 15.9 Å². The second-order valence-corrected chi connectivity index (χ2v) is 3.68. The average Bonchev–Trinajstić information content (AvgIpc) is 2.27. The zero-order valence-electron chi connectivity index (χ0n) is 7.77. The second-order valence-electron chi connectivity index (χ2n) is 2.76. The molecule has 0 unspecified atom stereocenters. The smallest absolute Gasteiger partial charge is 0.378 e. The largest absolute Gasteiger partial charge is 0.463 e. The van der Waals surface area contributed by atoms with E-state index in [1.165, 1.54) is 7.11 Å². The normalized spacial score (nSPS) is 10.3. The molecule has 0 N–H and O–H groups in total. The second kappa shape index (κ2) is 3.90. The number of hydrogen-bond donors (Lipinski definition) is 0. The van der Waals surface area contributed by atoms with Crippen molar-refractivity contribution in [3.05, 3.63) is 28.5 Å². The van der Waals surface area contributed by atoms with Gasteiger partial charge in [-0.05, 0) is 18.2 Å². The summed E-state index contributed by atoms with van der Waals surface area (Å²) in [5, 5.41) is 7.53. The first-order chi connectivity index (χ1) is 7.20. The molecule has 76 valence electrons. The van der Waals surface area contributed by atoms with Crippen molar-refractivity contribution in [2.75, 3.05) is 7.11 Å². The first-order valence-electron chi connectivity index (χ1n) is 4.09. The monoisotopic (exact) mass is 267 g/mol. The Morgan fingerprint density at radius 1 is 1.33 bits per heavy atom. The molecule has 0 bridgehead atoms. The van der Waals surface area contributed by atoms with Crippen molar-refractivity contribution < 1.29 is 9.53 Å². The Morgan fingerprint density at radius 2 is 2.13 bits per heavy atom. The van der Waals surface area contributed by atoms with Crippen molar-refractivity contribution in [2.24, 2.45) is 0 Å². The summed E-state index contributed by atoms with van der Waals surface area (Å²) in [5.74, 6) is -0.625. The summed E-state index contributed by atoms with van der Waals surface area (Å²) in [6, 6.07) is 5.34. The molecule has 0 aliphatic carbocycles. The van der Waals surface area contributed by atoms with Gasteiger partial charge >= 0.3 is 5.97 Å². The molecule has 0 atom stereocenters. The van der Waals surface area contributed by atoms with E-state index in [4.69, 9.17) is 0 Å². The third-order valence-corrected chi connectivity index (χ3v) is 2.28. The lowest BCUT2D eigenvalue weighted by Gasteiger charge is -1.99. The van der Waals surface area contributed by atoms with E-state index in [0.29, 0.717) is 11.0 Å². The molecule has 15 heavy (non-hydrogen) atoms. The maximum absolute atomic E-state index is 11.1. The molecular weight excluding hydrogens is 262 g/mol. The van der Waals surface area contributed by atoms with Gasteiger partial charge in [0, 0.05) is 4.47 Å². The summed E-state index contributed by atoms with van der Waals surface area (Å²) in [6.07, 6.45) is 0. The van der Waals surface area contributed by atoms with E-state index >= 15 is 0 Å². The zero-order valence-corrected chi connectivity index (χ0v) is 9.35. The predicted octanol–water partition coefficient (Wildman–Crippen LogP) is 1.57. The van der Waals surface area contributed by atoms with Crippen LogP contribution >= 0.6 is 15.9 Å². The highest BCUT2D eigenvalue weighted by Crippen LogP contribution is 2.15. The molecule has 1 aromatic carbocycles. The van der Waals surface area contributed by atoms with E-state index < -0.39 is 5.97 Å². The van der Waals surface area contributed by atoms with Crippen LogP contribution in [0, 0.1) is 0 Å². The van der Waals surface area contributed by atoms with Crippen molar-refractivity contribution in [2.45, 2.75) is 0 Å². The standard InChI is InChI=1S/C9H6BrN3O2/c1-15-9(14)8-11-6-3-2-5(10)4-7(6)12-13-8/h2-4H,1H3. The van der Waals surface area contributed by atoms with Gasteiger partial charge < -0.3 is 4.74 Å².